The molecule has 11 nitrogen and oxygen atoms in total. The number of halogens is 1. The first kappa shape index (κ1) is 25.7. The summed E-state index contributed by atoms with van der Waals surface area (Å²) in [6.45, 7) is 0. The van der Waals surface area contributed by atoms with Crippen molar-refractivity contribution in [1.82, 2.24) is 29.9 Å². The molecule has 4 heterocycles. The van der Waals surface area contributed by atoms with E-state index in [1.165, 1.54) is 23.0 Å². The molecule has 0 atom stereocenters. The summed E-state index contributed by atoms with van der Waals surface area (Å²) in [5.41, 5.74) is 2.28. The summed E-state index contributed by atoms with van der Waals surface area (Å²) < 4.78 is 15.6. The Balaban J connectivity index is 1.13. The highest BCUT2D eigenvalue weighted by Crippen LogP contribution is 2.30. The summed E-state index contributed by atoms with van der Waals surface area (Å²) in [5.74, 6) is -0.558. The minimum Gasteiger partial charge on any atom is -0.379 e. The Kier molecular flexibility index (Phi) is 7.21. The number of hydrogen-bond donors (Lipinski definition) is 4. The molecule has 4 N–H and O–H groups in total. The Bertz CT molecular complexity index is 1520. The molecule has 4 aromatic rings. The fourth-order valence-electron chi connectivity index (χ4n) is 4.95. The lowest BCUT2D eigenvalue weighted by Gasteiger charge is -2.30. The van der Waals surface area contributed by atoms with E-state index in [0.29, 0.717) is 17.5 Å². The number of amides is 2. The normalized spacial score (nSPS) is 18.7. The van der Waals surface area contributed by atoms with Gasteiger partial charge in [-0.2, -0.15) is 0 Å². The van der Waals surface area contributed by atoms with Crippen LogP contribution in [-0.4, -0.2) is 54.5 Å². The van der Waals surface area contributed by atoms with Crippen LogP contribution in [0, 0.1) is 5.82 Å². The van der Waals surface area contributed by atoms with E-state index in [4.69, 9.17) is 0 Å². The van der Waals surface area contributed by atoms with Crippen LogP contribution in [-0.2, 0) is 11.2 Å². The molecule has 0 spiro atoms. The topological polar surface area (TPSA) is 138 Å². The SMILES string of the molecule is O=C(Cc1ccccn1)NC1CCC(Nc2cc(NC3CC3)c3ncc(C(=O)Nc4ccncc4F)n3n2)CC1. The quantitative estimate of drug-likeness (QED) is 0.251. The number of imidazole rings is 1. The highest BCUT2D eigenvalue weighted by Gasteiger charge is 2.26. The maximum absolute atomic E-state index is 14.1. The van der Waals surface area contributed by atoms with E-state index in [9.17, 15) is 14.0 Å². The fraction of sp³-hybridized carbons (Fsp3) is 0.357. The number of nitrogens with zero attached hydrogens (tertiary/aromatic N) is 5. The van der Waals surface area contributed by atoms with Gasteiger partial charge in [-0.3, -0.25) is 19.6 Å². The summed E-state index contributed by atoms with van der Waals surface area (Å²) in [6.07, 6.45) is 11.4. The highest BCUT2D eigenvalue weighted by atomic mass is 19.1. The molecular formula is C28H30FN9O2. The maximum Gasteiger partial charge on any atom is 0.276 e. The van der Waals surface area contributed by atoms with Gasteiger partial charge < -0.3 is 21.3 Å². The Morgan fingerprint density at radius 1 is 0.900 bits per heavy atom. The summed E-state index contributed by atoms with van der Waals surface area (Å²) in [4.78, 5) is 37.9. The minimum absolute atomic E-state index is 0.0180. The van der Waals surface area contributed by atoms with Crippen LogP contribution in [0.5, 0.6) is 0 Å². The van der Waals surface area contributed by atoms with Crippen LogP contribution in [0.4, 0.5) is 21.6 Å². The summed E-state index contributed by atoms with van der Waals surface area (Å²) in [5, 5.41) is 17.4. The first-order valence-corrected chi connectivity index (χ1v) is 13.5. The van der Waals surface area contributed by atoms with Crippen molar-refractivity contribution in [3.8, 4) is 0 Å². The average Bonchev–Trinajstić information content (AvgIpc) is 3.66. The molecule has 0 saturated heterocycles. The highest BCUT2D eigenvalue weighted by molar-refractivity contribution is 6.03. The second-order valence-electron chi connectivity index (χ2n) is 10.3. The number of rotatable bonds is 9. The van der Waals surface area contributed by atoms with Crippen LogP contribution >= 0.6 is 0 Å². The monoisotopic (exact) mass is 543 g/mol. The first-order valence-electron chi connectivity index (χ1n) is 13.5. The van der Waals surface area contributed by atoms with Crippen LogP contribution in [0.25, 0.3) is 5.65 Å². The number of fused-ring (bicyclic) bond motifs is 1. The molecule has 0 bridgehead atoms. The average molecular weight is 544 g/mol. The van der Waals surface area contributed by atoms with Crippen LogP contribution in [0.15, 0.2) is 55.1 Å². The van der Waals surface area contributed by atoms with Gasteiger partial charge in [-0.1, -0.05) is 6.07 Å². The van der Waals surface area contributed by atoms with Gasteiger partial charge in [0.1, 0.15) is 5.82 Å². The molecule has 2 aliphatic carbocycles. The van der Waals surface area contributed by atoms with Gasteiger partial charge >= 0.3 is 0 Å². The number of nitrogens with one attached hydrogen (secondary N) is 4. The predicted octanol–water partition coefficient (Wildman–Crippen LogP) is 3.57. The minimum atomic E-state index is -0.625. The van der Waals surface area contributed by atoms with E-state index < -0.39 is 11.7 Å². The third kappa shape index (κ3) is 6.00. The molecule has 4 aromatic heterocycles. The summed E-state index contributed by atoms with van der Waals surface area (Å²) in [7, 11) is 0. The molecule has 2 fully saturated rings. The van der Waals surface area contributed by atoms with Gasteiger partial charge in [0.2, 0.25) is 5.91 Å². The summed E-state index contributed by atoms with van der Waals surface area (Å²) in [6, 6.07) is 9.53. The van der Waals surface area contributed by atoms with E-state index in [1.807, 2.05) is 24.3 Å². The molecule has 206 valence electrons. The Hall–Kier alpha value is -4.61. The van der Waals surface area contributed by atoms with Gasteiger partial charge in [0.05, 0.1) is 30.2 Å². The van der Waals surface area contributed by atoms with E-state index in [0.717, 1.165) is 56.1 Å². The van der Waals surface area contributed by atoms with Gasteiger partial charge in [0.25, 0.3) is 5.91 Å². The number of pyridine rings is 2. The van der Waals surface area contributed by atoms with Crippen molar-refractivity contribution >= 4 is 34.7 Å². The third-order valence-electron chi connectivity index (χ3n) is 7.17. The van der Waals surface area contributed by atoms with Crippen molar-refractivity contribution < 1.29 is 14.0 Å². The molecule has 12 heteroatoms. The largest absolute Gasteiger partial charge is 0.379 e. The Morgan fingerprint density at radius 3 is 2.42 bits per heavy atom. The summed E-state index contributed by atoms with van der Waals surface area (Å²) >= 11 is 0. The predicted molar refractivity (Wildman–Crippen MR) is 148 cm³/mol. The molecule has 0 aromatic carbocycles. The molecular weight excluding hydrogens is 513 g/mol. The van der Waals surface area contributed by atoms with Crippen molar-refractivity contribution in [2.24, 2.45) is 0 Å². The molecule has 2 aliphatic rings. The van der Waals surface area contributed by atoms with Crippen LogP contribution in [0.2, 0.25) is 0 Å². The van der Waals surface area contributed by atoms with Crippen molar-refractivity contribution in [2.75, 3.05) is 16.0 Å². The van der Waals surface area contributed by atoms with Gasteiger partial charge in [-0.15, -0.1) is 5.10 Å². The first-order chi connectivity index (χ1) is 19.5. The number of anilines is 3. The molecule has 2 saturated carbocycles. The zero-order chi connectivity index (χ0) is 27.5. The number of aromatic nitrogens is 5. The van der Waals surface area contributed by atoms with Gasteiger partial charge in [0, 0.05) is 42.3 Å². The second-order valence-corrected chi connectivity index (χ2v) is 10.3. The van der Waals surface area contributed by atoms with Crippen molar-refractivity contribution in [1.29, 1.82) is 0 Å². The Labute approximate surface area is 230 Å². The maximum atomic E-state index is 14.1. The zero-order valence-corrected chi connectivity index (χ0v) is 21.8. The van der Waals surface area contributed by atoms with Crippen molar-refractivity contribution in [3.63, 3.8) is 0 Å². The molecule has 0 aliphatic heterocycles. The van der Waals surface area contributed by atoms with Gasteiger partial charge in [-0.05, 0) is 56.7 Å². The smallest absolute Gasteiger partial charge is 0.276 e. The number of carbonyl (C=O) groups is 2. The molecule has 40 heavy (non-hydrogen) atoms. The van der Waals surface area contributed by atoms with Crippen molar-refractivity contribution in [2.45, 2.75) is 63.1 Å². The molecule has 6 rings (SSSR count). The molecule has 0 radical (unpaired) electrons. The lowest BCUT2D eigenvalue weighted by Crippen LogP contribution is -2.41. The van der Waals surface area contributed by atoms with Crippen molar-refractivity contribution in [3.05, 3.63) is 72.3 Å². The zero-order valence-electron chi connectivity index (χ0n) is 21.8. The lowest BCUT2D eigenvalue weighted by molar-refractivity contribution is -0.121. The second kappa shape index (κ2) is 11.2. The van der Waals surface area contributed by atoms with E-state index in [1.54, 1.807) is 6.20 Å². The fourth-order valence-corrected chi connectivity index (χ4v) is 4.95. The van der Waals surface area contributed by atoms with E-state index >= 15 is 0 Å². The third-order valence-corrected chi connectivity index (χ3v) is 7.17. The standard InChI is InChI=1S/C28H30FN9O2/c29-21-15-30-12-10-22(21)36-28(40)24-16-32-27-23(33-17-4-5-17)14-25(37-38(24)27)34-18-6-8-19(9-7-18)35-26(39)13-20-3-1-2-11-31-20/h1-3,10-12,14-19,33H,4-9,13H2,(H,34,37)(H,35,39)(H,30,36,40). The number of carbonyl (C=O) groups excluding carboxylic acids is 2. The van der Waals surface area contributed by atoms with Gasteiger partial charge in [0.15, 0.2) is 17.2 Å². The van der Waals surface area contributed by atoms with E-state index in [-0.39, 0.29) is 35.8 Å². The molecule has 2 amide bonds. The van der Waals surface area contributed by atoms with Crippen LogP contribution < -0.4 is 21.3 Å². The lowest BCUT2D eigenvalue weighted by atomic mass is 9.91. The Morgan fingerprint density at radius 2 is 1.68 bits per heavy atom. The van der Waals surface area contributed by atoms with Crippen LogP contribution in [0.3, 0.4) is 0 Å². The van der Waals surface area contributed by atoms with Gasteiger partial charge in [-0.25, -0.2) is 13.9 Å². The molecule has 0 unspecified atom stereocenters. The van der Waals surface area contributed by atoms with Crippen LogP contribution in [0.1, 0.15) is 54.7 Å². The number of hydrogen-bond acceptors (Lipinski definition) is 8. The van der Waals surface area contributed by atoms with E-state index in [2.05, 4.69) is 41.3 Å².